The van der Waals surface area contributed by atoms with E-state index in [4.69, 9.17) is 4.42 Å². The smallest absolute Gasteiger partial charge is 0.185 e. The molecule has 0 saturated carbocycles. The first-order valence-corrected chi connectivity index (χ1v) is 5.32. The Hall–Kier alpha value is -1.35. The number of carbonyl (C=O) groups excluding carboxylic acids is 1. The van der Waals surface area contributed by atoms with E-state index in [9.17, 15) is 4.79 Å². The predicted molar refractivity (Wildman–Crippen MR) is 62.0 cm³/mol. The molecule has 0 spiro atoms. The van der Waals surface area contributed by atoms with E-state index in [-0.39, 0.29) is 0 Å². The SMILES string of the molecule is Cc1cccc(Br)c1-c1ccc(C=O)o1. The normalized spacial score (nSPS) is 10.3. The summed E-state index contributed by atoms with van der Waals surface area (Å²) in [6.07, 6.45) is 0.704. The van der Waals surface area contributed by atoms with E-state index in [1.807, 2.05) is 25.1 Å². The molecular weight excluding hydrogens is 256 g/mol. The number of benzene rings is 1. The number of carbonyl (C=O) groups is 1. The molecule has 2 nitrogen and oxygen atoms in total. The first-order valence-electron chi connectivity index (χ1n) is 4.53. The summed E-state index contributed by atoms with van der Waals surface area (Å²) in [5.41, 5.74) is 2.10. The molecule has 15 heavy (non-hydrogen) atoms. The first-order chi connectivity index (χ1) is 7.22. The van der Waals surface area contributed by atoms with Crippen LogP contribution in [0.2, 0.25) is 0 Å². The Balaban J connectivity index is 2.58. The van der Waals surface area contributed by atoms with E-state index in [0.29, 0.717) is 17.8 Å². The lowest BCUT2D eigenvalue weighted by molar-refractivity contribution is 0.110. The minimum atomic E-state index is 0.347. The molecule has 0 aliphatic carbocycles. The van der Waals surface area contributed by atoms with Gasteiger partial charge in [0, 0.05) is 10.0 Å². The van der Waals surface area contributed by atoms with Crippen molar-refractivity contribution in [2.45, 2.75) is 6.92 Å². The van der Waals surface area contributed by atoms with Crippen molar-refractivity contribution in [1.82, 2.24) is 0 Å². The molecule has 0 saturated heterocycles. The molecule has 1 aromatic heterocycles. The summed E-state index contributed by atoms with van der Waals surface area (Å²) in [4.78, 5) is 10.5. The maximum atomic E-state index is 10.5. The molecule has 1 heterocycles. The largest absolute Gasteiger partial charge is 0.453 e. The van der Waals surface area contributed by atoms with Gasteiger partial charge in [0.25, 0.3) is 0 Å². The molecule has 3 heteroatoms. The number of aryl methyl sites for hydroxylation is 1. The van der Waals surface area contributed by atoms with Crippen LogP contribution < -0.4 is 0 Å². The van der Waals surface area contributed by atoms with Crippen LogP contribution in [0.1, 0.15) is 16.1 Å². The molecule has 0 aliphatic heterocycles. The zero-order valence-corrected chi connectivity index (χ0v) is 9.74. The minimum Gasteiger partial charge on any atom is -0.453 e. The van der Waals surface area contributed by atoms with E-state index in [2.05, 4.69) is 15.9 Å². The topological polar surface area (TPSA) is 30.2 Å². The van der Waals surface area contributed by atoms with E-state index in [0.717, 1.165) is 15.6 Å². The van der Waals surface area contributed by atoms with Gasteiger partial charge in [-0.3, -0.25) is 4.79 Å². The van der Waals surface area contributed by atoms with Gasteiger partial charge in [0.2, 0.25) is 0 Å². The van der Waals surface area contributed by atoms with Crippen molar-refractivity contribution in [2.75, 3.05) is 0 Å². The number of hydrogen-bond acceptors (Lipinski definition) is 2. The van der Waals surface area contributed by atoms with Crippen LogP contribution in [-0.4, -0.2) is 6.29 Å². The summed E-state index contributed by atoms with van der Waals surface area (Å²) >= 11 is 3.47. The van der Waals surface area contributed by atoms with Gasteiger partial charge in [-0.25, -0.2) is 0 Å². The van der Waals surface area contributed by atoms with Gasteiger partial charge in [0.1, 0.15) is 5.76 Å². The van der Waals surface area contributed by atoms with E-state index >= 15 is 0 Å². The number of hydrogen-bond donors (Lipinski definition) is 0. The molecule has 0 atom stereocenters. The Labute approximate surface area is 96.0 Å². The third kappa shape index (κ3) is 1.88. The van der Waals surface area contributed by atoms with Crippen molar-refractivity contribution in [2.24, 2.45) is 0 Å². The standard InChI is InChI=1S/C12H9BrO2/c1-8-3-2-4-10(13)12(8)11-6-5-9(7-14)15-11/h2-7H,1H3. The Bertz CT molecular complexity index is 480. The molecule has 0 N–H and O–H groups in total. The van der Waals surface area contributed by atoms with Gasteiger partial charge in [0.05, 0.1) is 0 Å². The zero-order valence-electron chi connectivity index (χ0n) is 8.16. The van der Waals surface area contributed by atoms with Crippen LogP contribution >= 0.6 is 15.9 Å². The second-order valence-corrected chi connectivity index (χ2v) is 4.11. The van der Waals surface area contributed by atoms with Crippen molar-refractivity contribution in [3.63, 3.8) is 0 Å². The fourth-order valence-corrected chi connectivity index (χ4v) is 2.16. The lowest BCUT2D eigenvalue weighted by atomic mass is 10.1. The van der Waals surface area contributed by atoms with Crippen LogP contribution in [-0.2, 0) is 0 Å². The Morgan fingerprint density at radius 2 is 2.07 bits per heavy atom. The highest BCUT2D eigenvalue weighted by molar-refractivity contribution is 9.10. The second-order valence-electron chi connectivity index (χ2n) is 3.25. The number of aldehydes is 1. The maximum Gasteiger partial charge on any atom is 0.185 e. The van der Waals surface area contributed by atoms with Crippen LogP contribution in [0, 0.1) is 6.92 Å². The summed E-state index contributed by atoms with van der Waals surface area (Å²) < 4.78 is 6.35. The maximum absolute atomic E-state index is 10.5. The fraction of sp³-hybridized carbons (Fsp3) is 0.0833. The highest BCUT2D eigenvalue weighted by Gasteiger charge is 2.10. The van der Waals surface area contributed by atoms with Crippen molar-refractivity contribution in [1.29, 1.82) is 0 Å². The molecule has 0 radical (unpaired) electrons. The van der Waals surface area contributed by atoms with Crippen molar-refractivity contribution in [3.05, 3.63) is 46.1 Å². The Kier molecular flexibility index (Phi) is 2.73. The van der Waals surface area contributed by atoms with E-state index in [1.165, 1.54) is 0 Å². The third-order valence-corrected chi connectivity index (χ3v) is 2.87. The first kappa shape index (κ1) is 10.2. The van der Waals surface area contributed by atoms with Crippen molar-refractivity contribution >= 4 is 22.2 Å². The summed E-state index contributed by atoms with van der Waals surface area (Å²) in [7, 11) is 0. The highest BCUT2D eigenvalue weighted by Crippen LogP contribution is 2.32. The third-order valence-electron chi connectivity index (χ3n) is 2.21. The van der Waals surface area contributed by atoms with Crippen LogP contribution in [0.25, 0.3) is 11.3 Å². The van der Waals surface area contributed by atoms with Crippen LogP contribution in [0.4, 0.5) is 0 Å². The van der Waals surface area contributed by atoms with Crippen molar-refractivity contribution in [3.8, 4) is 11.3 Å². The molecule has 1 aromatic carbocycles. The molecule has 0 aliphatic rings. The van der Waals surface area contributed by atoms with Crippen LogP contribution in [0.15, 0.2) is 39.2 Å². The molecule has 2 rings (SSSR count). The lowest BCUT2D eigenvalue weighted by Crippen LogP contribution is -1.82. The monoisotopic (exact) mass is 264 g/mol. The van der Waals surface area contributed by atoms with E-state index < -0.39 is 0 Å². The van der Waals surface area contributed by atoms with Gasteiger partial charge >= 0.3 is 0 Å². The molecule has 2 aromatic rings. The molecule has 0 bridgehead atoms. The predicted octanol–water partition coefficient (Wildman–Crippen LogP) is 3.83. The minimum absolute atomic E-state index is 0.347. The molecule has 0 unspecified atom stereocenters. The molecular formula is C12H9BrO2. The summed E-state index contributed by atoms with van der Waals surface area (Å²) in [6.45, 7) is 2.00. The second kappa shape index (κ2) is 4.03. The Morgan fingerprint density at radius 3 is 2.67 bits per heavy atom. The Morgan fingerprint density at radius 1 is 1.27 bits per heavy atom. The van der Waals surface area contributed by atoms with Crippen molar-refractivity contribution < 1.29 is 9.21 Å². The summed E-state index contributed by atoms with van der Waals surface area (Å²) in [6, 6.07) is 9.39. The molecule has 0 amide bonds. The van der Waals surface area contributed by atoms with Crippen LogP contribution in [0.3, 0.4) is 0 Å². The lowest BCUT2D eigenvalue weighted by Gasteiger charge is -2.04. The number of furan rings is 1. The highest BCUT2D eigenvalue weighted by atomic mass is 79.9. The van der Waals surface area contributed by atoms with Gasteiger partial charge in [-0.15, -0.1) is 0 Å². The van der Waals surface area contributed by atoms with Gasteiger partial charge in [-0.2, -0.15) is 0 Å². The quantitative estimate of drug-likeness (QED) is 0.772. The van der Waals surface area contributed by atoms with Crippen LogP contribution in [0.5, 0.6) is 0 Å². The average Bonchev–Trinajstić information content (AvgIpc) is 2.66. The fourth-order valence-electron chi connectivity index (χ4n) is 1.49. The number of halogens is 1. The average molecular weight is 265 g/mol. The van der Waals surface area contributed by atoms with Gasteiger partial charge < -0.3 is 4.42 Å². The zero-order chi connectivity index (χ0) is 10.8. The molecule has 0 fully saturated rings. The van der Waals surface area contributed by atoms with E-state index in [1.54, 1.807) is 12.1 Å². The number of rotatable bonds is 2. The van der Waals surface area contributed by atoms with Gasteiger partial charge in [-0.1, -0.05) is 28.1 Å². The van der Waals surface area contributed by atoms with Gasteiger partial charge in [-0.05, 0) is 30.7 Å². The molecule has 76 valence electrons. The summed E-state index contributed by atoms with van der Waals surface area (Å²) in [5, 5.41) is 0. The van der Waals surface area contributed by atoms with Gasteiger partial charge in [0.15, 0.2) is 12.0 Å². The summed E-state index contributed by atoms with van der Waals surface area (Å²) in [5.74, 6) is 1.06.